The molecule has 1 N–H and O–H groups in total. The Kier molecular flexibility index (Phi) is 5.00. The van der Waals surface area contributed by atoms with Crippen molar-refractivity contribution in [3.8, 4) is 0 Å². The molecule has 20 heavy (non-hydrogen) atoms. The van der Waals surface area contributed by atoms with Crippen molar-refractivity contribution in [2.24, 2.45) is 13.0 Å². The SMILES string of the molecule is CCc1nn(C)c(CC(C)C(O)c2ccccc2)c1Br. The maximum Gasteiger partial charge on any atom is 0.0819 e. The molecule has 2 aromatic rings. The quantitative estimate of drug-likeness (QED) is 0.904. The minimum absolute atomic E-state index is 0.133. The van der Waals surface area contributed by atoms with Crippen LogP contribution in [0.2, 0.25) is 0 Å². The largest absolute Gasteiger partial charge is 0.388 e. The fraction of sp³-hybridized carbons (Fsp3) is 0.438. The molecule has 2 rings (SSSR count). The van der Waals surface area contributed by atoms with Gasteiger partial charge in [-0.2, -0.15) is 5.10 Å². The van der Waals surface area contributed by atoms with Gasteiger partial charge in [-0.3, -0.25) is 4.68 Å². The first-order valence-corrected chi connectivity index (χ1v) is 7.77. The van der Waals surface area contributed by atoms with E-state index in [0.717, 1.165) is 34.3 Å². The summed E-state index contributed by atoms with van der Waals surface area (Å²) in [4.78, 5) is 0. The summed E-state index contributed by atoms with van der Waals surface area (Å²) in [5.74, 6) is 0.133. The minimum atomic E-state index is -0.455. The number of benzene rings is 1. The molecule has 0 fully saturated rings. The fourth-order valence-corrected chi connectivity index (χ4v) is 3.22. The summed E-state index contributed by atoms with van der Waals surface area (Å²) in [6.07, 6.45) is 1.24. The van der Waals surface area contributed by atoms with E-state index >= 15 is 0 Å². The van der Waals surface area contributed by atoms with Crippen molar-refractivity contribution >= 4 is 15.9 Å². The van der Waals surface area contributed by atoms with Crippen LogP contribution in [0.1, 0.15) is 36.9 Å². The zero-order valence-electron chi connectivity index (χ0n) is 12.2. The molecule has 108 valence electrons. The fourth-order valence-electron chi connectivity index (χ4n) is 2.44. The van der Waals surface area contributed by atoms with Gasteiger partial charge in [0.1, 0.15) is 0 Å². The highest BCUT2D eigenvalue weighted by Gasteiger charge is 2.21. The molecule has 1 heterocycles. The van der Waals surface area contributed by atoms with Crippen molar-refractivity contribution in [3.63, 3.8) is 0 Å². The van der Waals surface area contributed by atoms with E-state index in [0.29, 0.717) is 0 Å². The van der Waals surface area contributed by atoms with Gasteiger partial charge in [-0.15, -0.1) is 0 Å². The predicted molar refractivity (Wildman–Crippen MR) is 84.6 cm³/mol. The molecule has 0 aliphatic rings. The van der Waals surface area contributed by atoms with E-state index in [4.69, 9.17) is 0 Å². The van der Waals surface area contributed by atoms with Crippen molar-refractivity contribution in [1.82, 2.24) is 9.78 Å². The van der Waals surface area contributed by atoms with Crippen LogP contribution in [-0.2, 0) is 19.9 Å². The van der Waals surface area contributed by atoms with Crippen LogP contribution in [-0.4, -0.2) is 14.9 Å². The maximum atomic E-state index is 10.5. The summed E-state index contributed by atoms with van der Waals surface area (Å²) in [7, 11) is 1.96. The number of aliphatic hydroxyl groups excluding tert-OH is 1. The number of aromatic nitrogens is 2. The summed E-state index contributed by atoms with van der Waals surface area (Å²) in [6.45, 7) is 4.17. The number of hydrogen-bond donors (Lipinski definition) is 1. The Morgan fingerprint density at radius 1 is 1.30 bits per heavy atom. The van der Waals surface area contributed by atoms with Crippen molar-refractivity contribution in [2.75, 3.05) is 0 Å². The molecule has 1 aromatic carbocycles. The van der Waals surface area contributed by atoms with E-state index in [9.17, 15) is 5.11 Å². The van der Waals surface area contributed by atoms with Crippen LogP contribution >= 0.6 is 15.9 Å². The van der Waals surface area contributed by atoms with E-state index in [1.807, 2.05) is 42.1 Å². The highest BCUT2D eigenvalue weighted by atomic mass is 79.9. The molecule has 4 heteroatoms. The number of halogens is 1. The van der Waals surface area contributed by atoms with Crippen molar-refractivity contribution in [3.05, 3.63) is 51.8 Å². The Labute approximate surface area is 128 Å². The second-order valence-corrected chi connectivity index (χ2v) is 6.01. The standard InChI is InChI=1S/C16H21BrN2O/c1-4-13-15(17)14(19(3)18-13)10-11(2)16(20)12-8-6-5-7-9-12/h5-9,11,16,20H,4,10H2,1-3H3. The number of nitrogens with zero attached hydrogens (tertiary/aromatic N) is 2. The molecule has 0 aliphatic heterocycles. The Morgan fingerprint density at radius 3 is 2.50 bits per heavy atom. The molecule has 0 amide bonds. The van der Waals surface area contributed by atoms with Crippen molar-refractivity contribution in [2.45, 2.75) is 32.8 Å². The molecule has 0 aliphatic carbocycles. The lowest BCUT2D eigenvalue weighted by molar-refractivity contribution is 0.116. The first kappa shape index (κ1) is 15.3. The number of aryl methyl sites for hydroxylation is 2. The molecule has 1 aromatic heterocycles. The van der Waals surface area contributed by atoms with Gasteiger partial charge in [0.05, 0.1) is 22.0 Å². The van der Waals surface area contributed by atoms with Crippen molar-refractivity contribution in [1.29, 1.82) is 0 Å². The van der Waals surface area contributed by atoms with E-state index in [2.05, 4.69) is 34.9 Å². The topological polar surface area (TPSA) is 38.0 Å². The molecular formula is C16H21BrN2O. The Balaban J connectivity index is 2.16. The second-order valence-electron chi connectivity index (χ2n) is 5.22. The monoisotopic (exact) mass is 336 g/mol. The molecule has 2 atom stereocenters. The molecule has 0 radical (unpaired) electrons. The van der Waals surface area contributed by atoms with Crippen LogP contribution < -0.4 is 0 Å². The van der Waals surface area contributed by atoms with Crippen LogP contribution in [0.25, 0.3) is 0 Å². The zero-order chi connectivity index (χ0) is 14.7. The highest BCUT2D eigenvalue weighted by Crippen LogP contribution is 2.29. The minimum Gasteiger partial charge on any atom is -0.388 e. The third-order valence-electron chi connectivity index (χ3n) is 3.70. The first-order valence-electron chi connectivity index (χ1n) is 6.97. The molecule has 0 saturated carbocycles. The molecule has 0 spiro atoms. The van der Waals surface area contributed by atoms with Gasteiger partial charge in [0, 0.05) is 7.05 Å². The third-order valence-corrected chi connectivity index (χ3v) is 4.61. The lowest BCUT2D eigenvalue weighted by atomic mass is 9.93. The number of hydrogen-bond acceptors (Lipinski definition) is 2. The second kappa shape index (κ2) is 6.55. The lowest BCUT2D eigenvalue weighted by Crippen LogP contribution is -2.14. The van der Waals surface area contributed by atoms with E-state index in [-0.39, 0.29) is 5.92 Å². The molecular weight excluding hydrogens is 316 g/mol. The van der Waals surface area contributed by atoms with Gasteiger partial charge in [-0.05, 0) is 40.3 Å². The predicted octanol–water partition coefficient (Wildman–Crippen LogP) is 3.66. The zero-order valence-corrected chi connectivity index (χ0v) is 13.8. The van der Waals surface area contributed by atoms with Crippen LogP contribution in [0.3, 0.4) is 0 Å². The Bertz CT molecular complexity index is 565. The molecule has 3 nitrogen and oxygen atoms in total. The molecule has 2 unspecified atom stereocenters. The normalized spacial score (nSPS) is 14.2. The van der Waals surface area contributed by atoms with Crippen LogP contribution in [0.4, 0.5) is 0 Å². The van der Waals surface area contributed by atoms with Crippen LogP contribution in [0.5, 0.6) is 0 Å². The molecule has 0 bridgehead atoms. The lowest BCUT2D eigenvalue weighted by Gasteiger charge is -2.19. The van der Waals surface area contributed by atoms with E-state index in [1.54, 1.807) is 0 Å². The summed E-state index contributed by atoms with van der Waals surface area (Å²) in [5, 5.41) is 15.0. The number of rotatable bonds is 5. The summed E-state index contributed by atoms with van der Waals surface area (Å²) < 4.78 is 2.99. The van der Waals surface area contributed by atoms with Gasteiger partial charge in [0.2, 0.25) is 0 Å². The Hall–Kier alpha value is -1.13. The van der Waals surface area contributed by atoms with Crippen LogP contribution in [0, 0.1) is 5.92 Å². The summed E-state index contributed by atoms with van der Waals surface area (Å²) in [5.41, 5.74) is 3.18. The van der Waals surface area contributed by atoms with Crippen molar-refractivity contribution < 1.29 is 5.11 Å². The van der Waals surface area contributed by atoms with E-state index in [1.165, 1.54) is 0 Å². The van der Waals surface area contributed by atoms with Crippen LogP contribution in [0.15, 0.2) is 34.8 Å². The average Bonchev–Trinajstić information content (AvgIpc) is 2.74. The van der Waals surface area contributed by atoms with Gasteiger partial charge >= 0.3 is 0 Å². The van der Waals surface area contributed by atoms with Gasteiger partial charge in [-0.25, -0.2) is 0 Å². The maximum absolute atomic E-state index is 10.5. The first-order chi connectivity index (χ1) is 9.54. The molecule has 0 saturated heterocycles. The van der Waals surface area contributed by atoms with Gasteiger partial charge in [-0.1, -0.05) is 44.2 Å². The van der Waals surface area contributed by atoms with Gasteiger partial charge < -0.3 is 5.11 Å². The van der Waals surface area contributed by atoms with Gasteiger partial charge in [0.25, 0.3) is 0 Å². The van der Waals surface area contributed by atoms with Gasteiger partial charge in [0.15, 0.2) is 0 Å². The summed E-state index contributed by atoms with van der Waals surface area (Å²) in [6, 6.07) is 9.82. The average molecular weight is 337 g/mol. The van der Waals surface area contributed by atoms with E-state index < -0.39 is 6.10 Å². The smallest absolute Gasteiger partial charge is 0.0819 e. The number of aliphatic hydroxyl groups is 1. The Morgan fingerprint density at radius 2 is 1.95 bits per heavy atom. The highest BCUT2D eigenvalue weighted by molar-refractivity contribution is 9.10. The third kappa shape index (κ3) is 3.13. The summed E-state index contributed by atoms with van der Waals surface area (Å²) >= 11 is 3.63.